The van der Waals surface area contributed by atoms with Crippen LogP contribution in [0.1, 0.15) is 31.4 Å². The highest BCUT2D eigenvalue weighted by atomic mass is 79.9. The van der Waals surface area contributed by atoms with E-state index in [1.165, 1.54) is 12.8 Å². The Labute approximate surface area is 152 Å². The Morgan fingerprint density at radius 1 is 1.39 bits per heavy atom. The largest absolute Gasteiger partial charge is 0.348 e. The second kappa shape index (κ2) is 8.47. The van der Waals surface area contributed by atoms with Gasteiger partial charge in [0.1, 0.15) is 0 Å². The molecule has 0 bridgehead atoms. The van der Waals surface area contributed by atoms with E-state index in [1.807, 2.05) is 31.2 Å². The van der Waals surface area contributed by atoms with Gasteiger partial charge in [0.15, 0.2) is 0 Å². The minimum absolute atomic E-state index is 0. The van der Waals surface area contributed by atoms with Crippen LogP contribution in [0.4, 0.5) is 0 Å². The average molecular weight is 403 g/mol. The second-order valence-electron chi connectivity index (χ2n) is 6.47. The van der Waals surface area contributed by atoms with Crippen molar-refractivity contribution in [2.75, 3.05) is 26.2 Å². The lowest BCUT2D eigenvalue weighted by molar-refractivity contribution is -0.123. The van der Waals surface area contributed by atoms with Gasteiger partial charge >= 0.3 is 0 Å². The molecule has 2 aliphatic rings. The van der Waals surface area contributed by atoms with Crippen LogP contribution in [0.3, 0.4) is 0 Å². The summed E-state index contributed by atoms with van der Waals surface area (Å²) in [6.45, 7) is 5.76. The smallest absolute Gasteiger partial charge is 0.234 e. The van der Waals surface area contributed by atoms with E-state index in [2.05, 4.69) is 31.5 Å². The van der Waals surface area contributed by atoms with E-state index in [4.69, 9.17) is 0 Å². The molecule has 2 fully saturated rings. The van der Waals surface area contributed by atoms with Crippen molar-refractivity contribution in [2.24, 2.45) is 5.92 Å². The molecule has 6 heteroatoms. The zero-order chi connectivity index (χ0) is 15.5. The standard InChI is InChI=1S/C17H24BrN3O.ClH/c1-12(13-2-4-15(18)5-3-13)20-17(22)11-21-9-7-16-14(10-21)6-8-19-16;/h2-5,12,14,16,19H,6-11H2,1H3,(H,20,22);1H. The number of fused-ring (bicyclic) bond motifs is 1. The molecule has 1 aromatic rings. The van der Waals surface area contributed by atoms with E-state index < -0.39 is 0 Å². The average Bonchev–Trinajstić information content (AvgIpc) is 2.95. The minimum atomic E-state index is 0. The number of nitrogens with one attached hydrogen (secondary N) is 2. The third-order valence-corrected chi connectivity index (χ3v) is 5.38. The van der Waals surface area contributed by atoms with Gasteiger partial charge in [-0.2, -0.15) is 0 Å². The van der Waals surface area contributed by atoms with Crippen molar-refractivity contribution < 1.29 is 4.79 Å². The van der Waals surface area contributed by atoms with Gasteiger partial charge in [-0.15, -0.1) is 12.4 Å². The van der Waals surface area contributed by atoms with Gasteiger partial charge in [-0.05, 0) is 49.9 Å². The number of hydrogen-bond donors (Lipinski definition) is 2. The maximum absolute atomic E-state index is 12.3. The van der Waals surface area contributed by atoms with E-state index in [0.29, 0.717) is 12.6 Å². The number of benzene rings is 1. The minimum Gasteiger partial charge on any atom is -0.348 e. The van der Waals surface area contributed by atoms with Crippen LogP contribution in [0.15, 0.2) is 28.7 Å². The predicted molar refractivity (Wildman–Crippen MR) is 98.9 cm³/mol. The van der Waals surface area contributed by atoms with Crippen LogP contribution >= 0.6 is 28.3 Å². The fraction of sp³-hybridized carbons (Fsp3) is 0.588. The number of nitrogens with zero attached hydrogens (tertiary/aromatic N) is 1. The molecule has 1 amide bonds. The molecule has 0 aromatic heterocycles. The van der Waals surface area contributed by atoms with Crippen LogP contribution in [-0.4, -0.2) is 43.0 Å². The number of halogens is 2. The molecular weight excluding hydrogens is 378 g/mol. The monoisotopic (exact) mass is 401 g/mol. The molecule has 1 aromatic carbocycles. The lowest BCUT2D eigenvalue weighted by Gasteiger charge is -2.34. The zero-order valence-corrected chi connectivity index (χ0v) is 15.8. The maximum atomic E-state index is 12.3. The first-order valence-electron chi connectivity index (χ1n) is 8.12. The van der Waals surface area contributed by atoms with Crippen LogP contribution in [0.2, 0.25) is 0 Å². The van der Waals surface area contributed by atoms with E-state index >= 15 is 0 Å². The first kappa shape index (κ1) is 18.7. The molecule has 4 nitrogen and oxygen atoms in total. The van der Waals surface area contributed by atoms with Gasteiger partial charge in [0.2, 0.25) is 5.91 Å². The Hall–Kier alpha value is -0.620. The van der Waals surface area contributed by atoms with Crippen LogP contribution < -0.4 is 10.6 Å². The Bertz CT molecular complexity index is 525. The van der Waals surface area contributed by atoms with Crippen molar-refractivity contribution in [2.45, 2.75) is 31.8 Å². The fourth-order valence-electron chi connectivity index (χ4n) is 3.59. The van der Waals surface area contributed by atoms with Crippen LogP contribution in [0, 0.1) is 5.92 Å². The summed E-state index contributed by atoms with van der Waals surface area (Å²) in [5.74, 6) is 0.852. The summed E-state index contributed by atoms with van der Waals surface area (Å²) in [6.07, 6.45) is 2.41. The SMILES string of the molecule is CC(NC(=O)CN1CCC2NCCC2C1)c1ccc(Br)cc1.Cl. The van der Waals surface area contributed by atoms with Gasteiger partial charge in [0.05, 0.1) is 12.6 Å². The van der Waals surface area contributed by atoms with Gasteiger partial charge in [-0.25, -0.2) is 0 Å². The molecule has 0 aliphatic carbocycles. The first-order chi connectivity index (χ1) is 10.6. The normalized spacial score (nSPS) is 25.3. The molecule has 2 aliphatic heterocycles. The molecule has 3 unspecified atom stereocenters. The molecule has 0 spiro atoms. The van der Waals surface area contributed by atoms with E-state index in [9.17, 15) is 4.79 Å². The Balaban J connectivity index is 0.00000192. The number of carbonyl (C=O) groups is 1. The first-order valence-corrected chi connectivity index (χ1v) is 8.91. The summed E-state index contributed by atoms with van der Waals surface area (Å²) in [6, 6.07) is 8.84. The van der Waals surface area contributed by atoms with Gasteiger partial charge in [-0.1, -0.05) is 28.1 Å². The van der Waals surface area contributed by atoms with Crippen molar-refractivity contribution in [1.29, 1.82) is 0 Å². The Morgan fingerprint density at radius 3 is 2.87 bits per heavy atom. The number of hydrogen-bond acceptors (Lipinski definition) is 3. The van der Waals surface area contributed by atoms with Crippen molar-refractivity contribution in [3.63, 3.8) is 0 Å². The number of piperidine rings is 1. The molecule has 23 heavy (non-hydrogen) atoms. The summed E-state index contributed by atoms with van der Waals surface area (Å²) in [5.41, 5.74) is 1.13. The van der Waals surface area contributed by atoms with Gasteiger partial charge in [0.25, 0.3) is 0 Å². The summed E-state index contributed by atoms with van der Waals surface area (Å²) in [5, 5.41) is 6.67. The molecule has 2 saturated heterocycles. The molecule has 2 heterocycles. The van der Waals surface area contributed by atoms with Gasteiger partial charge in [-0.3, -0.25) is 9.69 Å². The van der Waals surface area contributed by atoms with Crippen molar-refractivity contribution >= 4 is 34.2 Å². The lowest BCUT2D eigenvalue weighted by Crippen LogP contribution is -2.48. The van der Waals surface area contributed by atoms with E-state index in [1.54, 1.807) is 0 Å². The fourth-order valence-corrected chi connectivity index (χ4v) is 3.86. The van der Waals surface area contributed by atoms with E-state index in [-0.39, 0.29) is 24.4 Å². The summed E-state index contributed by atoms with van der Waals surface area (Å²) in [4.78, 5) is 14.6. The van der Waals surface area contributed by atoms with Crippen molar-refractivity contribution in [3.05, 3.63) is 34.3 Å². The van der Waals surface area contributed by atoms with Gasteiger partial charge < -0.3 is 10.6 Å². The molecule has 0 radical (unpaired) electrons. The van der Waals surface area contributed by atoms with Crippen molar-refractivity contribution in [3.8, 4) is 0 Å². The zero-order valence-electron chi connectivity index (χ0n) is 13.4. The lowest BCUT2D eigenvalue weighted by atomic mass is 9.93. The Morgan fingerprint density at radius 2 is 2.13 bits per heavy atom. The van der Waals surface area contributed by atoms with Crippen LogP contribution in [-0.2, 0) is 4.79 Å². The number of likely N-dealkylation sites (tertiary alicyclic amines) is 1. The molecule has 3 atom stereocenters. The molecule has 128 valence electrons. The number of rotatable bonds is 4. The molecule has 3 rings (SSSR count). The van der Waals surface area contributed by atoms with Crippen LogP contribution in [0.5, 0.6) is 0 Å². The summed E-state index contributed by atoms with van der Waals surface area (Å²) in [7, 11) is 0. The highest BCUT2D eigenvalue weighted by Gasteiger charge is 2.33. The summed E-state index contributed by atoms with van der Waals surface area (Å²) < 4.78 is 1.06. The van der Waals surface area contributed by atoms with Gasteiger partial charge in [0, 0.05) is 23.6 Å². The number of carbonyl (C=O) groups excluding carboxylic acids is 1. The van der Waals surface area contributed by atoms with Crippen LogP contribution in [0.25, 0.3) is 0 Å². The van der Waals surface area contributed by atoms with E-state index in [0.717, 1.165) is 35.6 Å². The third kappa shape index (κ3) is 4.92. The molecule has 2 N–H and O–H groups in total. The second-order valence-corrected chi connectivity index (χ2v) is 7.39. The Kier molecular flexibility index (Phi) is 6.89. The highest BCUT2D eigenvalue weighted by Crippen LogP contribution is 2.24. The topological polar surface area (TPSA) is 44.4 Å². The maximum Gasteiger partial charge on any atom is 0.234 e. The molecule has 0 saturated carbocycles. The molecular formula is C17H25BrClN3O. The van der Waals surface area contributed by atoms with Crippen molar-refractivity contribution in [1.82, 2.24) is 15.5 Å². The highest BCUT2D eigenvalue weighted by molar-refractivity contribution is 9.10. The third-order valence-electron chi connectivity index (χ3n) is 4.85. The summed E-state index contributed by atoms with van der Waals surface area (Å²) >= 11 is 3.43. The number of amides is 1. The quantitative estimate of drug-likeness (QED) is 0.814. The predicted octanol–water partition coefficient (Wildman–Crippen LogP) is 2.73.